The Hall–Kier alpha value is -2.99. The van der Waals surface area contributed by atoms with Gasteiger partial charge in [-0.1, -0.05) is 0 Å². The highest BCUT2D eigenvalue weighted by atomic mass is 32.2. The van der Waals surface area contributed by atoms with Gasteiger partial charge < -0.3 is 4.18 Å². The maximum Gasteiger partial charge on any atom is 0.339 e. The molecule has 2 aromatic rings. The van der Waals surface area contributed by atoms with Crippen molar-refractivity contribution in [2.75, 3.05) is 0 Å². The molecule has 9 heteroatoms. The second-order valence-corrected chi connectivity index (χ2v) is 5.59. The van der Waals surface area contributed by atoms with Gasteiger partial charge in [0.05, 0.1) is 10.5 Å². The van der Waals surface area contributed by atoms with Crippen molar-refractivity contribution in [1.82, 2.24) is 0 Å². The molecule has 22 heavy (non-hydrogen) atoms. The number of nitro groups is 1. The van der Waals surface area contributed by atoms with Crippen molar-refractivity contribution in [2.24, 2.45) is 0 Å². The van der Waals surface area contributed by atoms with Crippen molar-refractivity contribution in [3.63, 3.8) is 0 Å². The summed E-state index contributed by atoms with van der Waals surface area (Å²) in [4.78, 5) is 9.46. The monoisotopic (exact) mass is 322 g/mol. The predicted molar refractivity (Wildman–Crippen MR) is 72.0 cm³/mol. The molecule has 2 aromatic carbocycles. The number of non-ortho nitro benzene ring substituents is 1. The minimum Gasteiger partial charge on any atom is -0.379 e. The van der Waals surface area contributed by atoms with Crippen molar-refractivity contribution >= 4 is 15.8 Å². The number of halogens is 1. The topological polar surface area (TPSA) is 110 Å². The van der Waals surface area contributed by atoms with Gasteiger partial charge in [-0.15, -0.1) is 0 Å². The molecule has 0 heterocycles. The van der Waals surface area contributed by atoms with Crippen LogP contribution < -0.4 is 4.18 Å². The summed E-state index contributed by atoms with van der Waals surface area (Å²) in [6, 6.07) is 8.55. The standard InChI is InChI=1S/C13H7FN2O5S/c14-13-6-5-12(7-9(13)8-15)22(19,20)21-11-3-1-10(2-4-11)16(17)18/h1-7H. The molecule has 7 nitrogen and oxygen atoms in total. The van der Waals surface area contributed by atoms with Gasteiger partial charge in [0, 0.05) is 12.1 Å². The summed E-state index contributed by atoms with van der Waals surface area (Å²) in [6.07, 6.45) is 0. The van der Waals surface area contributed by atoms with Crippen molar-refractivity contribution in [2.45, 2.75) is 4.90 Å². The lowest BCUT2D eigenvalue weighted by Gasteiger charge is -2.07. The Morgan fingerprint density at radius 2 is 1.82 bits per heavy atom. The van der Waals surface area contributed by atoms with Crippen LogP contribution in [0.2, 0.25) is 0 Å². The summed E-state index contributed by atoms with van der Waals surface area (Å²) in [7, 11) is -4.28. The van der Waals surface area contributed by atoms with Crippen LogP contribution in [0.5, 0.6) is 5.75 Å². The molecule has 0 N–H and O–H groups in total. The van der Waals surface area contributed by atoms with Crippen LogP contribution in [-0.4, -0.2) is 13.3 Å². The zero-order valence-corrected chi connectivity index (χ0v) is 11.6. The van der Waals surface area contributed by atoms with Crippen molar-refractivity contribution in [3.8, 4) is 11.8 Å². The second kappa shape index (κ2) is 5.79. The third kappa shape index (κ3) is 3.18. The molecule has 0 radical (unpaired) electrons. The van der Waals surface area contributed by atoms with Gasteiger partial charge in [0.1, 0.15) is 22.5 Å². The van der Waals surface area contributed by atoms with E-state index in [1.165, 1.54) is 6.07 Å². The van der Waals surface area contributed by atoms with Gasteiger partial charge in [-0.3, -0.25) is 10.1 Å². The lowest BCUT2D eigenvalue weighted by Crippen LogP contribution is -2.10. The van der Waals surface area contributed by atoms with Crippen LogP contribution in [0.25, 0.3) is 0 Å². The molecule has 0 aliphatic heterocycles. The Labute approximate surface area is 124 Å². The van der Waals surface area contributed by atoms with Crippen LogP contribution in [0.4, 0.5) is 10.1 Å². The van der Waals surface area contributed by atoms with E-state index >= 15 is 0 Å². The van der Waals surface area contributed by atoms with Crippen LogP contribution in [0.3, 0.4) is 0 Å². The fourth-order valence-corrected chi connectivity index (χ4v) is 2.50. The van der Waals surface area contributed by atoms with Crippen LogP contribution >= 0.6 is 0 Å². The molecule has 0 saturated carbocycles. The Bertz CT molecular complexity index is 872. The molecule has 0 unspecified atom stereocenters. The molecule has 0 atom stereocenters. The Morgan fingerprint density at radius 3 is 2.36 bits per heavy atom. The zero-order chi connectivity index (χ0) is 16.3. The second-order valence-electron chi connectivity index (χ2n) is 4.04. The molecule has 2 rings (SSSR count). The first-order valence-corrected chi connectivity index (χ1v) is 7.13. The van der Waals surface area contributed by atoms with Crippen LogP contribution in [0.1, 0.15) is 5.56 Å². The van der Waals surface area contributed by atoms with Gasteiger partial charge in [0.2, 0.25) is 0 Å². The van der Waals surface area contributed by atoms with Crippen LogP contribution in [0.15, 0.2) is 47.4 Å². The van der Waals surface area contributed by atoms with Crippen LogP contribution in [-0.2, 0) is 10.1 Å². The van der Waals surface area contributed by atoms with E-state index < -0.39 is 31.3 Å². The van der Waals surface area contributed by atoms with Gasteiger partial charge in [0.25, 0.3) is 5.69 Å². The minimum atomic E-state index is -4.28. The quantitative estimate of drug-likeness (QED) is 0.485. The lowest BCUT2D eigenvalue weighted by atomic mass is 10.2. The minimum absolute atomic E-state index is 0.145. The Kier molecular flexibility index (Phi) is 4.05. The molecule has 0 spiro atoms. The lowest BCUT2D eigenvalue weighted by molar-refractivity contribution is -0.384. The summed E-state index contributed by atoms with van der Waals surface area (Å²) in [6.45, 7) is 0. The van der Waals surface area contributed by atoms with Gasteiger partial charge in [-0.25, -0.2) is 4.39 Å². The highest BCUT2D eigenvalue weighted by molar-refractivity contribution is 7.87. The maximum absolute atomic E-state index is 13.2. The van der Waals surface area contributed by atoms with Crippen LogP contribution in [0, 0.1) is 27.3 Å². The predicted octanol–water partition coefficient (Wildman–Crippen LogP) is 2.37. The molecule has 0 bridgehead atoms. The summed E-state index contributed by atoms with van der Waals surface area (Å²) in [5, 5.41) is 19.2. The average Bonchev–Trinajstić information content (AvgIpc) is 2.47. The van der Waals surface area contributed by atoms with Crippen molar-refractivity contribution in [1.29, 1.82) is 5.26 Å². The maximum atomic E-state index is 13.2. The SMILES string of the molecule is N#Cc1cc(S(=O)(=O)Oc2ccc([N+](=O)[O-])cc2)ccc1F. The van der Waals surface area contributed by atoms with E-state index in [4.69, 9.17) is 9.44 Å². The van der Waals surface area contributed by atoms with E-state index in [0.717, 1.165) is 42.5 Å². The number of rotatable bonds is 4. The molecule has 0 aliphatic carbocycles. The first kappa shape index (κ1) is 15.4. The fourth-order valence-electron chi connectivity index (χ4n) is 1.54. The summed E-state index contributed by atoms with van der Waals surface area (Å²) in [5.74, 6) is -0.995. The fraction of sp³-hybridized carbons (Fsp3) is 0. The first-order chi connectivity index (χ1) is 10.3. The molecular weight excluding hydrogens is 315 g/mol. The summed E-state index contributed by atoms with van der Waals surface area (Å²) < 4.78 is 42.0. The molecular formula is C13H7FN2O5S. The van der Waals surface area contributed by atoms with Gasteiger partial charge in [0.15, 0.2) is 0 Å². The average molecular weight is 322 g/mol. The Balaban J connectivity index is 2.31. The molecule has 112 valence electrons. The number of benzene rings is 2. The molecule has 0 fully saturated rings. The number of hydrogen-bond donors (Lipinski definition) is 0. The highest BCUT2D eigenvalue weighted by Gasteiger charge is 2.19. The normalized spacial score (nSPS) is 10.7. The third-order valence-electron chi connectivity index (χ3n) is 2.60. The van der Waals surface area contributed by atoms with Crippen molar-refractivity contribution in [3.05, 3.63) is 64.0 Å². The van der Waals surface area contributed by atoms with Gasteiger partial charge in [-0.2, -0.15) is 13.7 Å². The largest absolute Gasteiger partial charge is 0.379 e. The number of nitrogens with zero attached hydrogens (tertiary/aromatic N) is 2. The third-order valence-corrected chi connectivity index (χ3v) is 3.84. The van der Waals surface area contributed by atoms with Gasteiger partial charge in [-0.05, 0) is 30.3 Å². The van der Waals surface area contributed by atoms with E-state index in [-0.39, 0.29) is 11.4 Å². The van der Waals surface area contributed by atoms with E-state index in [9.17, 15) is 22.9 Å². The zero-order valence-electron chi connectivity index (χ0n) is 10.8. The number of hydrogen-bond acceptors (Lipinski definition) is 6. The smallest absolute Gasteiger partial charge is 0.339 e. The number of nitriles is 1. The summed E-state index contributed by atoms with van der Waals surface area (Å²) >= 11 is 0. The summed E-state index contributed by atoms with van der Waals surface area (Å²) in [5.41, 5.74) is -0.660. The molecule has 0 saturated heterocycles. The van der Waals surface area contributed by atoms with E-state index in [1.54, 1.807) is 0 Å². The van der Waals surface area contributed by atoms with Gasteiger partial charge >= 0.3 is 10.1 Å². The number of nitro benzene ring substituents is 1. The molecule has 0 aliphatic rings. The molecule has 0 amide bonds. The Morgan fingerprint density at radius 1 is 1.18 bits per heavy atom. The molecule has 0 aromatic heterocycles. The first-order valence-electron chi connectivity index (χ1n) is 5.72. The van der Waals surface area contributed by atoms with Crippen molar-refractivity contribution < 1.29 is 21.9 Å². The van der Waals surface area contributed by atoms with E-state index in [1.807, 2.05) is 0 Å². The van der Waals surface area contributed by atoms with E-state index in [2.05, 4.69) is 0 Å². The van der Waals surface area contributed by atoms with E-state index in [0.29, 0.717) is 0 Å². The highest BCUT2D eigenvalue weighted by Crippen LogP contribution is 2.22.